The minimum absolute atomic E-state index is 0.604. The van der Waals surface area contributed by atoms with Crippen molar-refractivity contribution in [3.05, 3.63) is 28.0 Å². The standard InChI is InChI=1S/C11H10IN3O2/c1-13-10(16)11(17)15-9-5-14-8-3-2-6(12)4-7(8)9/h2-5,14H,1H3,(H,13,16)(H,15,17). The lowest BCUT2D eigenvalue weighted by molar-refractivity contribution is -0.135. The topological polar surface area (TPSA) is 74.0 Å². The molecule has 6 heteroatoms. The van der Waals surface area contributed by atoms with Gasteiger partial charge in [0.15, 0.2) is 0 Å². The van der Waals surface area contributed by atoms with Crippen LogP contribution >= 0.6 is 22.6 Å². The fourth-order valence-corrected chi connectivity index (χ4v) is 1.98. The van der Waals surface area contributed by atoms with Crippen LogP contribution in [0.1, 0.15) is 0 Å². The van der Waals surface area contributed by atoms with E-state index < -0.39 is 11.8 Å². The van der Waals surface area contributed by atoms with Crippen LogP contribution in [0.5, 0.6) is 0 Å². The Kier molecular flexibility index (Phi) is 3.32. The predicted molar refractivity (Wildman–Crippen MR) is 73.7 cm³/mol. The lowest BCUT2D eigenvalue weighted by Gasteiger charge is -2.02. The molecule has 0 aliphatic rings. The van der Waals surface area contributed by atoms with Crippen LogP contribution < -0.4 is 10.6 Å². The number of H-pyrrole nitrogens is 1. The zero-order valence-electron chi connectivity index (χ0n) is 9.00. The molecule has 0 bridgehead atoms. The molecule has 5 nitrogen and oxygen atoms in total. The van der Waals surface area contributed by atoms with Gasteiger partial charge in [0.05, 0.1) is 5.69 Å². The van der Waals surface area contributed by atoms with E-state index in [1.165, 1.54) is 7.05 Å². The Balaban J connectivity index is 2.33. The Morgan fingerprint density at radius 2 is 2.06 bits per heavy atom. The van der Waals surface area contributed by atoms with Crippen molar-refractivity contribution in [2.45, 2.75) is 0 Å². The Hall–Kier alpha value is -1.57. The van der Waals surface area contributed by atoms with E-state index in [0.717, 1.165) is 14.5 Å². The van der Waals surface area contributed by atoms with Gasteiger partial charge in [-0.1, -0.05) is 0 Å². The number of anilines is 1. The minimum Gasteiger partial charge on any atom is -0.359 e. The first-order valence-corrected chi connectivity index (χ1v) is 5.99. The molecule has 88 valence electrons. The largest absolute Gasteiger partial charge is 0.359 e. The molecule has 1 aromatic carbocycles. The summed E-state index contributed by atoms with van der Waals surface area (Å²) in [4.78, 5) is 25.6. The summed E-state index contributed by atoms with van der Waals surface area (Å²) < 4.78 is 1.06. The number of hydrogen-bond donors (Lipinski definition) is 3. The summed E-state index contributed by atoms with van der Waals surface area (Å²) in [6.07, 6.45) is 1.67. The molecule has 2 rings (SSSR count). The molecule has 0 saturated heterocycles. The molecule has 0 unspecified atom stereocenters. The first-order valence-electron chi connectivity index (χ1n) is 4.91. The van der Waals surface area contributed by atoms with Crippen LogP contribution in [0.2, 0.25) is 0 Å². The maximum absolute atomic E-state index is 11.4. The number of hydrogen-bond acceptors (Lipinski definition) is 2. The highest BCUT2D eigenvalue weighted by Crippen LogP contribution is 2.24. The van der Waals surface area contributed by atoms with Crippen molar-refractivity contribution in [3.8, 4) is 0 Å². The van der Waals surface area contributed by atoms with Crippen molar-refractivity contribution < 1.29 is 9.59 Å². The Morgan fingerprint density at radius 1 is 1.29 bits per heavy atom. The van der Waals surface area contributed by atoms with Gasteiger partial charge in [-0.2, -0.15) is 0 Å². The number of aromatic amines is 1. The van der Waals surface area contributed by atoms with Gasteiger partial charge in [0, 0.05) is 27.7 Å². The van der Waals surface area contributed by atoms with E-state index in [4.69, 9.17) is 0 Å². The van der Waals surface area contributed by atoms with Crippen molar-refractivity contribution in [2.75, 3.05) is 12.4 Å². The number of benzene rings is 1. The molecule has 17 heavy (non-hydrogen) atoms. The molecule has 1 aromatic heterocycles. The Labute approximate surface area is 111 Å². The van der Waals surface area contributed by atoms with Crippen molar-refractivity contribution >= 4 is 51.0 Å². The van der Waals surface area contributed by atoms with Crippen LogP contribution in [0.15, 0.2) is 24.4 Å². The summed E-state index contributed by atoms with van der Waals surface area (Å²) in [6, 6.07) is 5.82. The molecular weight excluding hydrogens is 333 g/mol. The summed E-state index contributed by atoms with van der Waals surface area (Å²) in [5.74, 6) is -1.34. The minimum atomic E-state index is -0.674. The quantitative estimate of drug-likeness (QED) is 0.542. The van der Waals surface area contributed by atoms with Gasteiger partial charge < -0.3 is 15.6 Å². The third-order valence-electron chi connectivity index (χ3n) is 2.33. The van der Waals surface area contributed by atoms with Gasteiger partial charge in [0.25, 0.3) is 0 Å². The van der Waals surface area contributed by atoms with E-state index in [-0.39, 0.29) is 0 Å². The molecule has 0 aliphatic carbocycles. The Bertz CT molecular complexity index is 591. The van der Waals surface area contributed by atoms with Gasteiger partial charge in [0.2, 0.25) is 0 Å². The lowest BCUT2D eigenvalue weighted by atomic mass is 10.2. The number of rotatable bonds is 1. The zero-order chi connectivity index (χ0) is 12.4. The van der Waals surface area contributed by atoms with Crippen molar-refractivity contribution in [1.29, 1.82) is 0 Å². The molecule has 0 radical (unpaired) electrons. The number of nitrogens with one attached hydrogen (secondary N) is 3. The van der Waals surface area contributed by atoms with E-state index in [2.05, 4.69) is 38.2 Å². The molecule has 0 atom stereocenters. The SMILES string of the molecule is CNC(=O)C(=O)Nc1c[nH]c2ccc(I)cc12. The predicted octanol–water partition coefficient (Wildman–Crippen LogP) is 1.46. The van der Waals surface area contributed by atoms with E-state index in [9.17, 15) is 9.59 Å². The van der Waals surface area contributed by atoms with Crippen LogP contribution in [0.25, 0.3) is 10.9 Å². The molecule has 0 saturated carbocycles. The summed E-state index contributed by atoms with van der Waals surface area (Å²) in [5.41, 5.74) is 1.52. The molecule has 1 heterocycles. The summed E-state index contributed by atoms with van der Waals surface area (Å²) in [6.45, 7) is 0. The number of likely N-dealkylation sites (N-methyl/N-ethyl adjacent to an activating group) is 1. The van der Waals surface area contributed by atoms with Crippen molar-refractivity contribution in [1.82, 2.24) is 10.3 Å². The summed E-state index contributed by atoms with van der Waals surface area (Å²) in [5, 5.41) is 5.71. The van der Waals surface area contributed by atoms with Gasteiger partial charge >= 0.3 is 11.8 Å². The number of aromatic nitrogens is 1. The van der Waals surface area contributed by atoms with Crippen molar-refractivity contribution in [3.63, 3.8) is 0 Å². The van der Waals surface area contributed by atoms with Crippen LogP contribution in [-0.4, -0.2) is 23.8 Å². The van der Waals surface area contributed by atoms with E-state index in [1.54, 1.807) is 6.20 Å². The smallest absolute Gasteiger partial charge is 0.313 e. The number of fused-ring (bicyclic) bond motifs is 1. The van der Waals surface area contributed by atoms with Crippen LogP contribution in [-0.2, 0) is 9.59 Å². The molecule has 3 N–H and O–H groups in total. The molecule has 0 spiro atoms. The highest BCUT2D eigenvalue weighted by Gasteiger charge is 2.13. The van der Waals surface area contributed by atoms with Gasteiger partial charge in [-0.15, -0.1) is 0 Å². The highest BCUT2D eigenvalue weighted by atomic mass is 127. The monoisotopic (exact) mass is 343 g/mol. The van der Waals surface area contributed by atoms with Gasteiger partial charge in [-0.05, 0) is 40.8 Å². The first-order chi connectivity index (χ1) is 8.11. The van der Waals surface area contributed by atoms with Gasteiger partial charge in [-0.3, -0.25) is 9.59 Å². The molecular formula is C11H10IN3O2. The fraction of sp³-hybridized carbons (Fsp3) is 0.0909. The third-order valence-corrected chi connectivity index (χ3v) is 3.00. The molecule has 2 aromatic rings. The number of halogens is 1. The second-order valence-corrected chi connectivity index (χ2v) is 4.67. The molecule has 0 aliphatic heterocycles. The molecule has 0 fully saturated rings. The maximum atomic E-state index is 11.4. The lowest BCUT2D eigenvalue weighted by Crippen LogP contribution is -2.32. The van der Waals surface area contributed by atoms with Crippen molar-refractivity contribution in [2.24, 2.45) is 0 Å². The zero-order valence-corrected chi connectivity index (χ0v) is 11.2. The second kappa shape index (κ2) is 4.74. The second-order valence-electron chi connectivity index (χ2n) is 3.43. The summed E-state index contributed by atoms with van der Waals surface area (Å²) in [7, 11) is 1.42. The van der Waals surface area contributed by atoms with Crippen LogP contribution in [0.3, 0.4) is 0 Å². The van der Waals surface area contributed by atoms with E-state index in [1.807, 2.05) is 18.2 Å². The average molecular weight is 343 g/mol. The maximum Gasteiger partial charge on any atom is 0.313 e. The van der Waals surface area contributed by atoms with Gasteiger partial charge in [-0.25, -0.2) is 0 Å². The number of carbonyl (C=O) groups excluding carboxylic acids is 2. The van der Waals surface area contributed by atoms with E-state index in [0.29, 0.717) is 5.69 Å². The third kappa shape index (κ3) is 2.41. The highest BCUT2D eigenvalue weighted by molar-refractivity contribution is 14.1. The van der Waals surface area contributed by atoms with Crippen LogP contribution in [0.4, 0.5) is 5.69 Å². The first kappa shape index (κ1) is 11.9. The molecule has 2 amide bonds. The normalized spacial score (nSPS) is 10.2. The van der Waals surface area contributed by atoms with Gasteiger partial charge in [0.1, 0.15) is 0 Å². The fourth-order valence-electron chi connectivity index (χ4n) is 1.49. The van der Waals surface area contributed by atoms with Crippen LogP contribution in [0, 0.1) is 3.57 Å². The van der Waals surface area contributed by atoms with E-state index >= 15 is 0 Å². The average Bonchev–Trinajstić information content (AvgIpc) is 2.71. The summed E-state index contributed by atoms with van der Waals surface area (Å²) >= 11 is 2.19. The number of amides is 2. The Morgan fingerprint density at radius 3 is 2.76 bits per heavy atom. The number of carbonyl (C=O) groups is 2.